The second kappa shape index (κ2) is 6.08. The maximum atomic E-state index is 7.22. The molecular weight excluding hydrogens is 290 g/mol. The van der Waals surface area contributed by atoms with Gasteiger partial charge < -0.3 is 4.85 Å². The number of nitrogens with zero attached hydrogens (tertiary/aromatic N) is 3. The van der Waals surface area contributed by atoms with E-state index in [1.165, 1.54) is 16.0 Å². The van der Waals surface area contributed by atoms with Crippen molar-refractivity contribution in [2.24, 2.45) is 7.05 Å². The second-order valence-electron chi connectivity index (χ2n) is 4.93. The molecule has 0 saturated carbocycles. The molecule has 4 heteroatoms. The zero-order valence-electron chi connectivity index (χ0n) is 12.4. The largest absolute Gasteiger partial charge is 0.358 e. The first-order valence-electron chi connectivity index (χ1n) is 6.88. The molecule has 3 aromatic rings. The minimum absolute atomic E-state index is 0.444. The lowest BCUT2D eigenvalue weighted by Gasteiger charge is -2.08. The Morgan fingerprint density at radius 1 is 1.00 bits per heavy atom. The van der Waals surface area contributed by atoms with Crippen molar-refractivity contribution in [2.45, 2.75) is 4.90 Å². The number of thioether (sulfide) groups is 1. The van der Waals surface area contributed by atoms with E-state index < -0.39 is 0 Å². The van der Waals surface area contributed by atoms with Crippen LogP contribution in [0.2, 0.25) is 0 Å². The summed E-state index contributed by atoms with van der Waals surface area (Å²) in [5.41, 5.74) is 4.31. The monoisotopic (exact) mass is 305 g/mol. The lowest BCUT2D eigenvalue weighted by atomic mass is 10.0. The number of rotatable bonds is 3. The second-order valence-corrected chi connectivity index (χ2v) is 5.78. The molecule has 108 valence electrons. The van der Waals surface area contributed by atoms with Gasteiger partial charge in [-0.2, -0.15) is 0 Å². The molecule has 0 radical (unpaired) electrons. The molecule has 0 bridgehead atoms. The highest BCUT2D eigenvalue weighted by Gasteiger charge is 2.11. The summed E-state index contributed by atoms with van der Waals surface area (Å²) in [4.78, 5) is 4.75. The molecule has 0 fully saturated rings. The number of benzene rings is 2. The van der Waals surface area contributed by atoms with Crippen molar-refractivity contribution in [3.8, 4) is 22.3 Å². The maximum absolute atomic E-state index is 7.22. The minimum atomic E-state index is 0.444. The van der Waals surface area contributed by atoms with Crippen LogP contribution >= 0.6 is 11.8 Å². The highest BCUT2D eigenvalue weighted by atomic mass is 32.2. The van der Waals surface area contributed by atoms with Crippen molar-refractivity contribution >= 4 is 17.6 Å². The Balaban J connectivity index is 2.01. The lowest BCUT2D eigenvalue weighted by Crippen LogP contribution is -1.84. The molecule has 0 amide bonds. The van der Waals surface area contributed by atoms with Gasteiger partial charge in [-0.25, -0.2) is 4.68 Å². The van der Waals surface area contributed by atoms with Crippen LogP contribution in [-0.2, 0) is 7.05 Å². The summed E-state index contributed by atoms with van der Waals surface area (Å²) in [7, 11) is 1.83. The van der Waals surface area contributed by atoms with Crippen LogP contribution in [0.4, 0.5) is 5.82 Å². The Labute approximate surface area is 134 Å². The first kappa shape index (κ1) is 14.4. The predicted molar refractivity (Wildman–Crippen MR) is 92.1 cm³/mol. The van der Waals surface area contributed by atoms with Crippen LogP contribution in [0.3, 0.4) is 0 Å². The van der Waals surface area contributed by atoms with Crippen LogP contribution in [-0.4, -0.2) is 16.0 Å². The third-order valence-corrected chi connectivity index (χ3v) is 4.32. The normalized spacial score (nSPS) is 10.4. The van der Waals surface area contributed by atoms with Gasteiger partial charge in [0.25, 0.3) is 0 Å². The summed E-state index contributed by atoms with van der Waals surface area (Å²) >= 11 is 1.75. The van der Waals surface area contributed by atoms with E-state index in [0.717, 1.165) is 11.1 Å². The van der Waals surface area contributed by atoms with Crippen LogP contribution in [0, 0.1) is 6.57 Å². The third-order valence-electron chi connectivity index (χ3n) is 3.53. The fourth-order valence-corrected chi connectivity index (χ4v) is 3.10. The molecule has 0 aliphatic heterocycles. The van der Waals surface area contributed by atoms with Crippen molar-refractivity contribution < 1.29 is 0 Å². The Hall–Kier alpha value is -2.51. The van der Waals surface area contributed by atoms with E-state index in [0.29, 0.717) is 5.82 Å². The molecular formula is C18H15N3S. The van der Waals surface area contributed by atoms with Crippen LogP contribution < -0.4 is 0 Å². The van der Waals surface area contributed by atoms with Gasteiger partial charge in [-0.05, 0) is 34.1 Å². The molecule has 3 rings (SSSR count). The van der Waals surface area contributed by atoms with E-state index in [1.807, 2.05) is 13.2 Å². The molecule has 0 atom stereocenters. The molecule has 22 heavy (non-hydrogen) atoms. The average molecular weight is 305 g/mol. The predicted octanol–water partition coefficient (Wildman–Crippen LogP) is 5.03. The Morgan fingerprint density at radius 3 is 2.27 bits per heavy atom. The summed E-state index contributed by atoms with van der Waals surface area (Å²) in [6, 6.07) is 16.7. The standard InChI is InChI=1S/C18H15N3S/c1-19-18-16(12-21(2)20-18)14-10-8-13(9-11-14)15-6-4-5-7-17(15)22-3/h4-12H,2-3H3. The van der Waals surface area contributed by atoms with Crippen LogP contribution in [0.1, 0.15) is 0 Å². The highest BCUT2D eigenvalue weighted by Crippen LogP contribution is 2.33. The van der Waals surface area contributed by atoms with Gasteiger partial charge in [-0.3, -0.25) is 0 Å². The molecule has 3 nitrogen and oxygen atoms in total. The summed E-state index contributed by atoms with van der Waals surface area (Å²) in [5, 5.41) is 4.17. The molecule has 1 aromatic heterocycles. The fourth-order valence-electron chi connectivity index (χ4n) is 2.48. The van der Waals surface area contributed by atoms with Gasteiger partial charge in [0.2, 0.25) is 0 Å². The molecule has 0 unspecified atom stereocenters. The van der Waals surface area contributed by atoms with Crippen molar-refractivity contribution in [1.82, 2.24) is 9.78 Å². The van der Waals surface area contributed by atoms with E-state index in [-0.39, 0.29) is 0 Å². The Morgan fingerprint density at radius 2 is 1.64 bits per heavy atom. The van der Waals surface area contributed by atoms with E-state index >= 15 is 0 Å². The topological polar surface area (TPSA) is 22.2 Å². The summed E-state index contributed by atoms with van der Waals surface area (Å²) in [5.74, 6) is 0.444. The van der Waals surface area contributed by atoms with Gasteiger partial charge in [0, 0.05) is 23.7 Å². The summed E-state index contributed by atoms with van der Waals surface area (Å²) in [6.07, 6.45) is 3.98. The molecule has 0 spiro atoms. The van der Waals surface area contributed by atoms with E-state index in [9.17, 15) is 0 Å². The van der Waals surface area contributed by atoms with E-state index in [4.69, 9.17) is 6.57 Å². The maximum Gasteiger partial charge on any atom is 0.303 e. The Kier molecular flexibility index (Phi) is 3.99. The number of aromatic nitrogens is 2. The average Bonchev–Trinajstić information content (AvgIpc) is 2.96. The number of hydrogen-bond donors (Lipinski definition) is 0. The molecule has 0 aliphatic rings. The van der Waals surface area contributed by atoms with E-state index in [1.54, 1.807) is 16.4 Å². The van der Waals surface area contributed by atoms with E-state index in [2.05, 4.69) is 64.7 Å². The van der Waals surface area contributed by atoms with Gasteiger partial charge in [0.15, 0.2) is 0 Å². The zero-order valence-corrected chi connectivity index (χ0v) is 13.3. The number of hydrogen-bond acceptors (Lipinski definition) is 2. The molecule has 2 aromatic carbocycles. The molecule has 0 N–H and O–H groups in total. The molecule has 1 heterocycles. The number of aryl methyl sites for hydroxylation is 1. The SMILES string of the molecule is [C-]#[N+]c1nn(C)cc1-c1ccc(-c2ccccc2SC)cc1. The van der Waals surface area contributed by atoms with Gasteiger partial charge in [0.1, 0.15) is 0 Å². The van der Waals surface area contributed by atoms with Crippen LogP contribution in [0.15, 0.2) is 59.6 Å². The first-order valence-corrected chi connectivity index (χ1v) is 8.10. The van der Waals surface area contributed by atoms with Gasteiger partial charge in [-0.1, -0.05) is 49.0 Å². The van der Waals surface area contributed by atoms with Gasteiger partial charge in [-0.15, -0.1) is 11.8 Å². The van der Waals surface area contributed by atoms with Crippen molar-refractivity contribution in [3.63, 3.8) is 0 Å². The zero-order chi connectivity index (χ0) is 15.5. The van der Waals surface area contributed by atoms with Crippen molar-refractivity contribution in [2.75, 3.05) is 6.26 Å². The van der Waals surface area contributed by atoms with Crippen molar-refractivity contribution in [1.29, 1.82) is 0 Å². The highest BCUT2D eigenvalue weighted by molar-refractivity contribution is 7.98. The minimum Gasteiger partial charge on any atom is -0.358 e. The fraction of sp³-hybridized carbons (Fsp3) is 0.111. The van der Waals surface area contributed by atoms with Crippen LogP contribution in [0.5, 0.6) is 0 Å². The summed E-state index contributed by atoms with van der Waals surface area (Å²) < 4.78 is 1.68. The first-order chi connectivity index (χ1) is 10.7. The third kappa shape index (κ3) is 2.63. The lowest BCUT2D eigenvalue weighted by molar-refractivity contribution is 0.773. The van der Waals surface area contributed by atoms with Crippen molar-refractivity contribution in [3.05, 3.63) is 66.1 Å². The van der Waals surface area contributed by atoms with Gasteiger partial charge in [0.05, 0.1) is 0 Å². The van der Waals surface area contributed by atoms with Crippen LogP contribution in [0.25, 0.3) is 27.1 Å². The smallest absolute Gasteiger partial charge is 0.303 e. The summed E-state index contributed by atoms with van der Waals surface area (Å²) in [6.45, 7) is 7.22. The molecule has 0 saturated heterocycles. The van der Waals surface area contributed by atoms with Gasteiger partial charge >= 0.3 is 5.82 Å². The Bertz CT molecular complexity index is 842. The quantitative estimate of drug-likeness (QED) is 0.500. The molecule has 0 aliphatic carbocycles.